The zero-order valence-corrected chi connectivity index (χ0v) is 24.0. The summed E-state index contributed by atoms with van der Waals surface area (Å²) < 4.78 is 39.0. The van der Waals surface area contributed by atoms with Crippen molar-refractivity contribution in [2.75, 3.05) is 52.6 Å². The maximum atomic E-state index is 13.9. The second-order valence-electron chi connectivity index (χ2n) is 9.50. The van der Waals surface area contributed by atoms with Crippen LogP contribution in [0.1, 0.15) is 12.0 Å². The summed E-state index contributed by atoms with van der Waals surface area (Å²) in [5.41, 5.74) is 4.13. The van der Waals surface area contributed by atoms with Gasteiger partial charge in [0, 0.05) is 31.6 Å². The van der Waals surface area contributed by atoms with Crippen molar-refractivity contribution in [1.29, 1.82) is 0 Å². The summed E-state index contributed by atoms with van der Waals surface area (Å²) in [5.74, 6) is -5.09. The number of carboxylic acid groups (broad SMARTS) is 1. The summed E-state index contributed by atoms with van der Waals surface area (Å²) in [6.45, 7) is 2.85. The highest BCUT2D eigenvalue weighted by molar-refractivity contribution is 8.26. The number of carboxylic acids is 1. The SMILES string of the molecule is O=C(CNN1C(=O)/C(=C/c2cc(-c3ccc(F)c(F)c3)ccc2OCCN2CCOCC2)SC1=S)C[C@@H](CO)C(=O)O. The van der Waals surface area contributed by atoms with Gasteiger partial charge in [-0.05, 0) is 41.5 Å². The van der Waals surface area contributed by atoms with Gasteiger partial charge in [0.15, 0.2) is 16.0 Å². The number of thioether (sulfide) groups is 1. The van der Waals surface area contributed by atoms with Crippen molar-refractivity contribution in [3.8, 4) is 16.9 Å². The summed E-state index contributed by atoms with van der Waals surface area (Å²) in [5, 5.41) is 19.2. The molecule has 0 unspecified atom stereocenters. The normalized spacial score (nSPS) is 17.6. The Morgan fingerprint density at radius 1 is 1.14 bits per heavy atom. The van der Waals surface area contributed by atoms with Gasteiger partial charge in [0.25, 0.3) is 5.91 Å². The minimum Gasteiger partial charge on any atom is -0.492 e. The van der Waals surface area contributed by atoms with Crippen LogP contribution in [0.25, 0.3) is 17.2 Å². The number of benzene rings is 2. The van der Waals surface area contributed by atoms with E-state index in [0.29, 0.717) is 48.8 Å². The van der Waals surface area contributed by atoms with Crippen molar-refractivity contribution >= 4 is 52.0 Å². The number of hydrazine groups is 1. The number of nitrogens with one attached hydrogen (secondary N) is 1. The van der Waals surface area contributed by atoms with Crippen molar-refractivity contribution in [2.45, 2.75) is 6.42 Å². The van der Waals surface area contributed by atoms with Gasteiger partial charge in [0.05, 0.1) is 37.2 Å². The Kier molecular flexibility index (Phi) is 11.1. The molecule has 1 amide bonds. The highest BCUT2D eigenvalue weighted by Gasteiger charge is 2.33. The average Bonchev–Trinajstić information content (AvgIpc) is 3.24. The largest absolute Gasteiger partial charge is 0.492 e. The number of amides is 1. The number of carbonyl (C=O) groups is 3. The molecule has 2 aliphatic heterocycles. The Morgan fingerprint density at radius 3 is 2.55 bits per heavy atom. The Hall–Kier alpha value is -3.27. The van der Waals surface area contributed by atoms with Crippen LogP contribution >= 0.6 is 24.0 Å². The van der Waals surface area contributed by atoms with E-state index in [0.717, 1.165) is 42.0 Å². The third-order valence-electron chi connectivity index (χ3n) is 6.59. The lowest BCUT2D eigenvalue weighted by Gasteiger charge is -2.26. The number of nitrogens with zero attached hydrogens (tertiary/aromatic N) is 2. The number of aliphatic hydroxyl groups is 1. The van der Waals surface area contributed by atoms with Crippen molar-refractivity contribution in [3.05, 3.63) is 58.5 Å². The summed E-state index contributed by atoms with van der Waals surface area (Å²) in [6.07, 6.45) is 1.16. The average molecular weight is 622 g/mol. The number of aliphatic hydroxyl groups excluding tert-OH is 1. The molecular formula is C28H29F2N3O7S2. The van der Waals surface area contributed by atoms with Crippen LogP contribution in [0.4, 0.5) is 8.78 Å². The summed E-state index contributed by atoms with van der Waals surface area (Å²) in [7, 11) is 0. The van der Waals surface area contributed by atoms with Gasteiger partial charge in [0.1, 0.15) is 18.1 Å². The Bertz CT molecular complexity index is 1390. The molecule has 2 fully saturated rings. The van der Waals surface area contributed by atoms with Crippen LogP contribution in [0.2, 0.25) is 0 Å². The number of morpholine rings is 1. The molecule has 2 saturated heterocycles. The quantitative estimate of drug-likeness (QED) is 0.226. The van der Waals surface area contributed by atoms with Gasteiger partial charge < -0.3 is 19.7 Å². The van der Waals surface area contributed by atoms with Crippen molar-refractivity contribution < 1.29 is 42.9 Å². The summed E-state index contributed by atoms with van der Waals surface area (Å²) >= 11 is 6.30. The van der Waals surface area contributed by atoms with Gasteiger partial charge >= 0.3 is 5.97 Å². The molecule has 0 radical (unpaired) electrons. The third kappa shape index (κ3) is 8.18. The maximum Gasteiger partial charge on any atom is 0.309 e. The number of hydrogen-bond donors (Lipinski definition) is 3. The van der Waals surface area contributed by atoms with Crippen molar-refractivity contribution in [2.24, 2.45) is 5.92 Å². The number of Topliss-reactive ketones (excluding diaryl/α,β-unsaturated/α-hetero) is 1. The van der Waals surface area contributed by atoms with Crippen molar-refractivity contribution in [3.63, 3.8) is 0 Å². The number of rotatable bonds is 13. The first-order valence-corrected chi connectivity index (χ1v) is 14.3. The standard InChI is InChI=1S/C28H29F2N3O7S2/c29-22-3-1-18(13-23(22)30)17-2-4-24(40-10-7-32-5-8-39-9-6-32)19(11-17)14-25-26(36)33(28(41)42-25)31-15-21(35)12-20(16-34)27(37)38/h1-4,11,13-14,20,31,34H,5-10,12,15-16H2,(H,37,38)/b25-14-/t20-/m0/s1. The molecule has 3 N–H and O–H groups in total. The Morgan fingerprint density at radius 2 is 1.86 bits per heavy atom. The molecule has 0 aromatic heterocycles. The number of thiocarbonyl (C=S) groups is 1. The minimum atomic E-state index is -1.30. The second kappa shape index (κ2) is 14.8. The molecule has 0 aliphatic carbocycles. The Labute approximate surface area is 250 Å². The highest BCUT2D eigenvalue weighted by atomic mass is 32.2. The first-order valence-electron chi connectivity index (χ1n) is 13.1. The highest BCUT2D eigenvalue weighted by Crippen LogP contribution is 2.35. The van der Waals surface area contributed by atoms with E-state index in [1.807, 2.05) is 0 Å². The van der Waals surface area contributed by atoms with Gasteiger partial charge in [-0.25, -0.2) is 19.2 Å². The predicted octanol–water partition coefficient (Wildman–Crippen LogP) is 2.70. The first kappa shape index (κ1) is 31.7. The molecule has 1 atom stereocenters. The molecule has 0 bridgehead atoms. The Balaban J connectivity index is 1.52. The third-order valence-corrected chi connectivity index (χ3v) is 7.89. The number of carbonyl (C=O) groups excluding carboxylic acids is 2. The van der Waals surface area contributed by atoms with E-state index in [-0.39, 0.29) is 15.8 Å². The lowest BCUT2D eigenvalue weighted by atomic mass is 10.0. The van der Waals surface area contributed by atoms with E-state index in [4.69, 9.17) is 31.9 Å². The van der Waals surface area contributed by atoms with E-state index in [2.05, 4.69) is 10.3 Å². The minimum absolute atomic E-state index is 0.127. The lowest BCUT2D eigenvalue weighted by molar-refractivity contribution is -0.145. The number of ether oxygens (including phenoxy) is 2. The van der Waals surface area contributed by atoms with E-state index in [1.54, 1.807) is 24.3 Å². The maximum absolute atomic E-state index is 13.9. The van der Waals surface area contributed by atoms with E-state index < -0.39 is 48.2 Å². The van der Waals surface area contributed by atoms with Crippen LogP contribution < -0.4 is 10.2 Å². The number of aliphatic carboxylic acids is 1. The monoisotopic (exact) mass is 621 g/mol. The zero-order valence-electron chi connectivity index (χ0n) is 22.4. The summed E-state index contributed by atoms with van der Waals surface area (Å²) in [4.78, 5) is 38.9. The molecule has 2 aliphatic rings. The molecule has 4 rings (SSSR count). The zero-order chi connectivity index (χ0) is 30.2. The fraction of sp³-hybridized carbons (Fsp3) is 0.357. The fourth-order valence-electron chi connectivity index (χ4n) is 4.25. The van der Waals surface area contributed by atoms with E-state index in [1.165, 1.54) is 6.07 Å². The van der Waals surface area contributed by atoms with Gasteiger partial charge in [0.2, 0.25) is 0 Å². The van der Waals surface area contributed by atoms with Gasteiger partial charge in [-0.3, -0.25) is 19.3 Å². The van der Waals surface area contributed by atoms with Crippen LogP contribution in [0.15, 0.2) is 41.3 Å². The molecule has 0 spiro atoms. The molecule has 14 heteroatoms. The molecule has 2 heterocycles. The molecule has 10 nitrogen and oxygen atoms in total. The lowest BCUT2D eigenvalue weighted by Crippen LogP contribution is -2.44. The summed E-state index contributed by atoms with van der Waals surface area (Å²) in [6, 6.07) is 8.67. The van der Waals surface area contributed by atoms with Gasteiger partial charge in [-0.1, -0.05) is 36.1 Å². The molecule has 2 aromatic carbocycles. The molecular weight excluding hydrogens is 592 g/mol. The topological polar surface area (TPSA) is 129 Å². The van der Waals surface area contributed by atoms with Gasteiger partial charge in [-0.15, -0.1) is 0 Å². The van der Waals surface area contributed by atoms with Crippen molar-refractivity contribution in [1.82, 2.24) is 15.3 Å². The molecule has 0 saturated carbocycles. The van der Waals surface area contributed by atoms with E-state index >= 15 is 0 Å². The van der Waals surface area contributed by atoms with Crippen LogP contribution in [-0.2, 0) is 19.1 Å². The van der Waals surface area contributed by atoms with E-state index in [9.17, 15) is 23.2 Å². The molecule has 42 heavy (non-hydrogen) atoms. The molecule has 2 aromatic rings. The molecule has 224 valence electrons. The number of halogens is 2. The fourth-order valence-corrected chi connectivity index (χ4v) is 5.46. The number of ketones is 1. The van der Waals surface area contributed by atoms with Crippen LogP contribution in [0.3, 0.4) is 0 Å². The smallest absolute Gasteiger partial charge is 0.309 e. The van der Waals surface area contributed by atoms with Crippen LogP contribution in [-0.4, -0.2) is 94.7 Å². The predicted molar refractivity (Wildman–Crippen MR) is 155 cm³/mol. The van der Waals surface area contributed by atoms with Crippen LogP contribution in [0.5, 0.6) is 5.75 Å². The van der Waals surface area contributed by atoms with Crippen LogP contribution in [0, 0.1) is 17.6 Å². The first-order chi connectivity index (χ1) is 20.2. The second-order valence-corrected chi connectivity index (χ2v) is 11.2. The van der Waals surface area contributed by atoms with Gasteiger partial charge in [-0.2, -0.15) is 0 Å². The number of hydrogen-bond acceptors (Lipinski definition) is 10.